The number of benzene rings is 2. The second-order valence-corrected chi connectivity index (χ2v) is 4.97. The molecule has 3 nitrogen and oxygen atoms in total. The summed E-state index contributed by atoms with van der Waals surface area (Å²) in [7, 11) is 0. The molecule has 0 radical (unpaired) electrons. The Balaban J connectivity index is 2.21. The van der Waals surface area contributed by atoms with E-state index in [1.807, 2.05) is 42.5 Å². The number of nitriles is 1. The van der Waals surface area contributed by atoms with Gasteiger partial charge in [-0.25, -0.2) is 0 Å². The molecule has 4 heteroatoms. The van der Waals surface area contributed by atoms with Crippen LogP contribution in [0.25, 0.3) is 22.5 Å². The van der Waals surface area contributed by atoms with Crippen LogP contribution in [0, 0.1) is 11.3 Å². The summed E-state index contributed by atoms with van der Waals surface area (Å²) in [4.78, 5) is 0. The Hall–Kier alpha value is -2.70. The molecule has 1 heterocycles. The fourth-order valence-corrected chi connectivity index (χ4v) is 2.38. The number of anilines is 1. The van der Waals surface area contributed by atoms with Crippen molar-refractivity contribution in [3.8, 4) is 28.5 Å². The average molecular weight is 295 g/mol. The summed E-state index contributed by atoms with van der Waals surface area (Å²) in [5, 5.41) is 10.1. The normalized spacial score (nSPS) is 10.3. The first-order chi connectivity index (χ1) is 10.2. The van der Waals surface area contributed by atoms with Crippen molar-refractivity contribution < 1.29 is 4.42 Å². The van der Waals surface area contributed by atoms with Crippen LogP contribution in [0.3, 0.4) is 0 Å². The number of rotatable bonds is 2. The lowest BCUT2D eigenvalue weighted by Gasteiger charge is -2.00. The fraction of sp³-hybridized carbons (Fsp3) is 0. The van der Waals surface area contributed by atoms with Gasteiger partial charge >= 0.3 is 0 Å². The van der Waals surface area contributed by atoms with Crippen molar-refractivity contribution in [2.45, 2.75) is 0 Å². The number of nitrogens with two attached hydrogens (primary N) is 1. The number of furan rings is 1. The van der Waals surface area contributed by atoms with Crippen molar-refractivity contribution in [1.82, 2.24) is 0 Å². The molecule has 0 aliphatic heterocycles. The monoisotopic (exact) mass is 294 g/mol. The third-order valence-corrected chi connectivity index (χ3v) is 3.47. The van der Waals surface area contributed by atoms with Gasteiger partial charge in [-0.1, -0.05) is 54.1 Å². The van der Waals surface area contributed by atoms with E-state index in [1.165, 1.54) is 0 Å². The van der Waals surface area contributed by atoms with E-state index in [4.69, 9.17) is 21.8 Å². The van der Waals surface area contributed by atoms with Crippen molar-refractivity contribution in [2.75, 3.05) is 5.73 Å². The summed E-state index contributed by atoms with van der Waals surface area (Å²) in [6.07, 6.45) is 0. The topological polar surface area (TPSA) is 63.0 Å². The van der Waals surface area contributed by atoms with Gasteiger partial charge in [-0.05, 0) is 17.7 Å². The van der Waals surface area contributed by atoms with E-state index in [9.17, 15) is 5.26 Å². The molecular weight excluding hydrogens is 284 g/mol. The maximum Gasteiger partial charge on any atom is 0.200 e. The van der Waals surface area contributed by atoms with Crippen molar-refractivity contribution >= 4 is 17.5 Å². The van der Waals surface area contributed by atoms with Crippen LogP contribution in [0.15, 0.2) is 59.0 Å². The highest BCUT2D eigenvalue weighted by Gasteiger charge is 2.20. The van der Waals surface area contributed by atoms with Crippen LogP contribution in [0.4, 0.5) is 5.88 Å². The van der Waals surface area contributed by atoms with E-state index in [1.54, 1.807) is 12.1 Å². The zero-order valence-corrected chi connectivity index (χ0v) is 11.8. The van der Waals surface area contributed by atoms with Crippen LogP contribution >= 0.6 is 11.6 Å². The van der Waals surface area contributed by atoms with Gasteiger partial charge in [0.1, 0.15) is 11.6 Å². The van der Waals surface area contributed by atoms with Gasteiger partial charge in [0.25, 0.3) is 0 Å². The minimum Gasteiger partial charge on any atom is -0.439 e. The highest BCUT2D eigenvalue weighted by atomic mass is 35.5. The average Bonchev–Trinajstić information content (AvgIpc) is 2.85. The van der Waals surface area contributed by atoms with E-state index in [0.717, 1.165) is 11.1 Å². The third-order valence-electron chi connectivity index (χ3n) is 3.22. The predicted molar refractivity (Wildman–Crippen MR) is 83.7 cm³/mol. The summed E-state index contributed by atoms with van der Waals surface area (Å²) in [5.41, 5.74) is 8.64. The summed E-state index contributed by atoms with van der Waals surface area (Å²) in [5.74, 6) is 0.716. The lowest BCUT2D eigenvalue weighted by Crippen LogP contribution is -1.87. The molecular formula is C17H11ClN2O. The van der Waals surface area contributed by atoms with Crippen LogP contribution < -0.4 is 5.73 Å². The molecule has 21 heavy (non-hydrogen) atoms. The minimum atomic E-state index is 0.229. The van der Waals surface area contributed by atoms with E-state index >= 15 is 0 Å². The Morgan fingerprint density at radius 2 is 1.62 bits per heavy atom. The van der Waals surface area contributed by atoms with E-state index in [0.29, 0.717) is 21.9 Å². The molecule has 3 rings (SSSR count). The third kappa shape index (κ3) is 2.37. The molecule has 0 aliphatic carbocycles. The molecule has 0 saturated heterocycles. The molecule has 0 spiro atoms. The summed E-state index contributed by atoms with van der Waals surface area (Å²) in [6, 6.07) is 18.8. The molecule has 0 atom stereocenters. The van der Waals surface area contributed by atoms with E-state index < -0.39 is 0 Å². The zero-order valence-electron chi connectivity index (χ0n) is 11.0. The summed E-state index contributed by atoms with van der Waals surface area (Å²) in [6.45, 7) is 0. The van der Waals surface area contributed by atoms with E-state index in [2.05, 4.69) is 6.07 Å². The maximum atomic E-state index is 9.50. The number of nitrogen functional groups attached to an aromatic ring is 1. The Morgan fingerprint density at radius 1 is 0.952 bits per heavy atom. The SMILES string of the molecule is N#Cc1c(-c2ccccc2)oc(N)c1-c1ccc(Cl)cc1. The van der Waals surface area contributed by atoms with Gasteiger partial charge in [0, 0.05) is 10.6 Å². The first-order valence-electron chi connectivity index (χ1n) is 6.34. The van der Waals surface area contributed by atoms with Gasteiger partial charge in [-0.15, -0.1) is 0 Å². The van der Waals surface area contributed by atoms with Crippen molar-refractivity contribution in [3.05, 3.63) is 65.2 Å². The molecule has 0 amide bonds. The molecule has 3 aromatic rings. The van der Waals surface area contributed by atoms with Crippen LogP contribution in [-0.4, -0.2) is 0 Å². The van der Waals surface area contributed by atoms with Crippen LogP contribution in [-0.2, 0) is 0 Å². The molecule has 2 aromatic carbocycles. The molecule has 0 bridgehead atoms. The molecule has 1 aromatic heterocycles. The van der Waals surface area contributed by atoms with Crippen LogP contribution in [0.2, 0.25) is 5.02 Å². The molecule has 0 saturated carbocycles. The van der Waals surface area contributed by atoms with E-state index in [-0.39, 0.29) is 5.88 Å². The van der Waals surface area contributed by atoms with Crippen molar-refractivity contribution in [3.63, 3.8) is 0 Å². The Kier molecular flexibility index (Phi) is 3.39. The molecule has 0 fully saturated rings. The summed E-state index contributed by atoms with van der Waals surface area (Å²) < 4.78 is 5.63. The smallest absolute Gasteiger partial charge is 0.200 e. The second-order valence-electron chi connectivity index (χ2n) is 4.53. The zero-order chi connectivity index (χ0) is 14.8. The number of halogens is 1. The predicted octanol–water partition coefficient (Wildman–Crippen LogP) is 4.72. The Labute approximate surface area is 127 Å². The Bertz CT molecular complexity index is 814. The van der Waals surface area contributed by atoms with Gasteiger partial charge in [0.2, 0.25) is 0 Å². The van der Waals surface area contributed by atoms with Gasteiger partial charge in [0.05, 0.1) is 5.56 Å². The van der Waals surface area contributed by atoms with Gasteiger partial charge in [-0.3, -0.25) is 0 Å². The largest absolute Gasteiger partial charge is 0.439 e. The van der Waals surface area contributed by atoms with Crippen LogP contribution in [0.5, 0.6) is 0 Å². The molecule has 2 N–H and O–H groups in total. The first kappa shape index (κ1) is 13.3. The fourth-order valence-electron chi connectivity index (χ4n) is 2.25. The molecule has 0 unspecified atom stereocenters. The lowest BCUT2D eigenvalue weighted by molar-refractivity contribution is 0.602. The Morgan fingerprint density at radius 3 is 2.24 bits per heavy atom. The lowest BCUT2D eigenvalue weighted by atomic mass is 10.0. The number of hydrogen-bond donors (Lipinski definition) is 1. The van der Waals surface area contributed by atoms with Gasteiger partial charge < -0.3 is 10.2 Å². The summed E-state index contributed by atoms with van der Waals surface area (Å²) >= 11 is 5.89. The number of hydrogen-bond acceptors (Lipinski definition) is 3. The highest BCUT2D eigenvalue weighted by molar-refractivity contribution is 6.30. The molecule has 0 aliphatic rings. The standard InChI is InChI=1S/C17H11ClN2O/c18-13-8-6-11(7-9-13)15-14(10-19)16(21-17(15)20)12-4-2-1-3-5-12/h1-9H,20H2. The first-order valence-corrected chi connectivity index (χ1v) is 6.72. The second kappa shape index (κ2) is 5.35. The maximum absolute atomic E-state index is 9.50. The highest BCUT2D eigenvalue weighted by Crippen LogP contribution is 2.39. The minimum absolute atomic E-state index is 0.229. The van der Waals surface area contributed by atoms with Gasteiger partial charge in [-0.2, -0.15) is 5.26 Å². The molecule has 102 valence electrons. The van der Waals surface area contributed by atoms with Crippen molar-refractivity contribution in [1.29, 1.82) is 5.26 Å². The van der Waals surface area contributed by atoms with Crippen molar-refractivity contribution in [2.24, 2.45) is 0 Å². The van der Waals surface area contributed by atoms with Crippen LogP contribution in [0.1, 0.15) is 5.56 Å². The number of nitrogens with zero attached hydrogens (tertiary/aromatic N) is 1. The quantitative estimate of drug-likeness (QED) is 0.743. The van der Waals surface area contributed by atoms with Gasteiger partial charge in [0.15, 0.2) is 11.6 Å².